The van der Waals surface area contributed by atoms with Gasteiger partial charge in [-0.2, -0.15) is 5.26 Å². The van der Waals surface area contributed by atoms with Gasteiger partial charge in [0, 0.05) is 18.7 Å². The first-order valence-corrected chi connectivity index (χ1v) is 7.71. The van der Waals surface area contributed by atoms with Crippen molar-refractivity contribution in [3.05, 3.63) is 48.7 Å². The van der Waals surface area contributed by atoms with Crippen LogP contribution >= 0.6 is 0 Å². The molecule has 0 bridgehead atoms. The third kappa shape index (κ3) is 4.40. The number of carbonyl (C=O) groups is 1. The topological polar surface area (TPSA) is 75.0 Å². The largest absolute Gasteiger partial charge is 0.384 e. The lowest BCUT2D eigenvalue weighted by atomic mass is 9.93. The number of fused-ring (bicyclic) bond motifs is 1. The third-order valence-corrected chi connectivity index (χ3v) is 3.61. The van der Waals surface area contributed by atoms with E-state index in [9.17, 15) is 4.79 Å². The standard InChI is InChI=1S/C19H21N3O2/c1-19(2,13-20)10-9-15(12-24-3)18(23)22-16-8-4-6-14-7-5-11-21-17(14)16/h4-11,15H,12H2,1-3H3,(H,22,23). The highest BCUT2D eigenvalue weighted by Crippen LogP contribution is 2.22. The van der Waals surface area contributed by atoms with Gasteiger partial charge in [0.05, 0.1) is 35.2 Å². The van der Waals surface area contributed by atoms with Crippen molar-refractivity contribution in [3.8, 4) is 6.07 Å². The molecule has 2 aromatic rings. The summed E-state index contributed by atoms with van der Waals surface area (Å²) in [6.07, 6.45) is 5.15. The van der Waals surface area contributed by atoms with Crippen molar-refractivity contribution in [2.24, 2.45) is 11.3 Å². The smallest absolute Gasteiger partial charge is 0.233 e. The Hall–Kier alpha value is -2.71. The number of allylic oxidation sites excluding steroid dienone is 1. The summed E-state index contributed by atoms with van der Waals surface area (Å²) in [5.74, 6) is -0.679. The van der Waals surface area contributed by atoms with E-state index in [0.717, 1.165) is 10.9 Å². The first-order chi connectivity index (χ1) is 11.5. The molecule has 0 aliphatic heterocycles. The molecule has 124 valence electrons. The molecule has 1 heterocycles. The molecule has 0 aliphatic rings. The number of hydrogen-bond acceptors (Lipinski definition) is 4. The van der Waals surface area contributed by atoms with Crippen molar-refractivity contribution >= 4 is 22.5 Å². The van der Waals surface area contributed by atoms with Crippen LogP contribution < -0.4 is 5.32 Å². The quantitative estimate of drug-likeness (QED) is 0.825. The van der Waals surface area contributed by atoms with Gasteiger partial charge >= 0.3 is 0 Å². The highest BCUT2D eigenvalue weighted by molar-refractivity contribution is 6.01. The third-order valence-electron chi connectivity index (χ3n) is 3.61. The minimum atomic E-state index is -0.632. The summed E-state index contributed by atoms with van der Waals surface area (Å²) < 4.78 is 5.14. The maximum absolute atomic E-state index is 12.6. The Morgan fingerprint density at radius 3 is 2.88 bits per heavy atom. The zero-order valence-corrected chi connectivity index (χ0v) is 14.1. The fourth-order valence-corrected chi connectivity index (χ4v) is 2.22. The lowest BCUT2D eigenvalue weighted by molar-refractivity contribution is -0.119. The molecule has 0 saturated heterocycles. The molecule has 1 amide bonds. The number of para-hydroxylation sites is 1. The van der Waals surface area contributed by atoms with E-state index in [4.69, 9.17) is 10.00 Å². The molecule has 1 aromatic heterocycles. The normalized spacial score (nSPS) is 12.9. The Labute approximate surface area is 142 Å². The summed E-state index contributed by atoms with van der Waals surface area (Å²) in [6, 6.07) is 11.6. The number of amides is 1. The van der Waals surface area contributed by atoms with Crippen LogP contribution in [-0.4, -0.2) is 24.6 Å². The number of nitriles is 1. The second-order valence-electron chi connectivity index (χ2n) is 6.12. The SMILES string of the molecule is COCC(C=CC(C)(C)C#N)C(=O)Nc1cccc2cccnc12. The Morgan fingerprint density at radius 1 is 1.42 bits per heavy atom. The molecule has 0 fully saturated rings. The second-order valence-corrected chi connectivity index (χ2v) is 6.12. The van der Waals surface area contributed by atoms with Gasteiger partial charge in [0.25, 0.3) is 0 Å². The summed E-state index contributed by atoms with van der Waals surface area (Å²) >= 11 is 0. The van der Waals surface area contributed by atoms with Gasteiger partial charge in [-0.1, -0.05) is 30.4 Å². The summed E-state index contributed by atoms with van der Waals surface area (Å²) in [5.41, 5.74) is 0.769. The summed E-state index contributed by atoms with van der Waals surface area (Å²) in [6.45, 7) is 3.82. The molecule has 0 spiro atoms. The van der Waals surface area contributed by atoms with E-state index >= 15 is 0 Å². The molecule has 1 N–H and O–H groups in total. The molecular weight excluding hydrogens is 302 g/mol. The van der Waals surface area contributed by atoms with Crippen LogP contribution in [0.5, 0.6) is 0 Å². The van der Waals surface area contributed by atoms with Crippen LogP contribution in [-0.2, 0) is 9.53 Å². The molecular formula is C19H21N3O2. The molecule has 0 radical (unpaired) electrons. The van der Waals surface area contributed by atoms with E-state index in [1.165, 1.54) is 0 Å². The van der Waals surface area contributed by atoms with Gasteiger partial charge < -0.3 is 10.1 Å². The van der Waals surface area contributed by atoms with Gasteiger partial charge in [-0.15, -0.1) is 0 Å². The Bertz CT molecular complexity index is 785. The van der Waals surface area contributed by atoms with Crippen molar-refractivity contribution in [1.29, 1.82) is 5.26 Å². The van der Waals surface area contributed by atoms with E-state index in [0.29, 0.717) is 5.69 Å². The van der Waals surface area contributed by atoms with E-state index in [-0.39, 0.29) is 12.5 Å². The van der Waals surface area contributed by atoms with Gasteiger partial charge in [-0.05, 0) is 26.0 Å². The molecule has 5 heteroatoms. The number of aromatic nitrogens is 1. The number of nitrogens with one attached hydrogen (secondary N) is 1. The molecule has 0 aliphatic carbocycles. The number of carbonyl (C=O) groups excluding carboxylic acids is 1. The maximum Gasteiger partial charge on any atom is 0.233 e. The first kappa shape index (κ1) is 17.6. The van der Waals surface area contributed by atoms with Gasteiger partial charge in [0.2, 0.25) is 5.91 Å². The van der Waals surface area contributed by atoms with Crippen LogP contribution in [0.25, 0.3) is 10.9 Å². The zero-order chi connectivity index (χ0) is 17.6. The zero-order valence-electron chi connectivity index (χ0n) is 14.1. The number of nitrogens with zero attached hydrogens (tertiary/aromatic N) is 2. The fourth-order valence-electron chi connectivity index (χ4n) is 2.22. The average molecular weight is 323 g/mol. The van der Waals surface area contributed by atoms with Gasteiger partial charge in [0.15, 0.2) is 0 Å². The van der Waals surface area contributed by atoms with Crippen LogP contribution in [0, 0.1) is 22.7 Å². The van der Waals surface area contributed by atoms with Crippen LogP contribution in [0.3, 0.4) is 0 Å². The predicted molar refractivity (Wildman–Crippen MR) is 94.3 cm³/mol. The summed E-state index contributed by atoms with van der Waals surface area (Å²) in [7, 11) is 1.54. The molecule has 0 saturated carbocycles. The fraction of sp³-hybridized carbons (Fsp3) is 0.316. The number of rotatable bonds is 6. The molecule has 1 unspecified atom stereocenters. The van der Waals surface area contributed by atoms with Gasteiger partial charge in [-0.25, -0.2) is 0 Å². The monoisotopic (exact) mass is 323 g/mol. The lowest BCUT2D eigenvalue weighted by Crippen LogP contribution is -2.25. The van der Waals surface area contributed by atoms with Crippen molar-refractivity contribution in [2.45, 2.75) is 13.8 Å². The van der Waals surface area contributed by atoms with Crippen LogP contribution in [0.4, 0.5) is 5.69 Å². The number of ether oxygens (including phenoxy) is 1. The van der Waals surface area contributed by atoms with Crippen molar-refractivity contribution < 1.29 is 9.53 Å². The maximum atomic E-state index is 12.6. The second kappa shape index (κ2) is 7.71. The number of benzene rings is 1. The van der Waals surface area contributed by atoms with E-state index in [2.05, 4.69) is 16.4 Å². The summed E-state index contributed by atoms with van der Waals surface area (Å²) in [5, 5.41) is 13.0. The minimum absolute atomic E-state index is 0.194. The Morgan fingerprint density at radius 2 is 2.17 bits per heavy atom. The highest BCUT2D eigenvalue weighted by atomic mass is 16.5. The van der Waals surface area contributed by atoms with Gasteiger partial charge in [-0.3, -0.25) is 9.78 Å². The molecule has 24 heavy (non-hydrogen) atoms. The number of anilines is 1. The van der Waals surface area contributed by atoms with Crippen molar-refractivity contribution in [2.75, 3.05) is 19.0 Å². The molecule has 1 atom stereocenters. The van der Waals surface area contributed by atoms with E-state index < -0.39 is 11.3 Å². The molecule has 5 nitrogen and oxygen atoms in total. The van der Waals surface area contributed by atoms with E-state index in [1.54, 1.807) is 39.3 Å². The number of pyridine rings is 1. The predicted octanol–water partition coefficient (Wildman–Crippen LogP) is 3.54. The van der Waals surface area contributed by atoms with Gasteiger partial charge in [0.1, 0.15) is 0 Å². The minimum Gasteiger partial charge on any atom is -0.384 e. The van der Waals surface area contributed by atoms with E-state index in [1.807, 2.05) is 30.3 Å². The Kier molecular flexibility index (Phi) is 5.67. The number of methoxy groups -OCH3 is 1. The van der Waals surface area contributed by atoms with Crippen LogP contribution in [0.1, 0.15) is 13.8 Å². The number of hydrogen-bond donors (Lipinski definition) is 1. The molecule has 2 rings (SSSR count). The highest BCUT2D eigenvalue weighted by Gasteiger charge is 2.19. The van der Waals surface area contributed by atoms with Crippen LogP contribution in [0.2, 0.25) is 0 Å². The van der Waals surface area contributed by atoms with Crippen molar-refractivity contribution in [1.82, 2.24) is 4.98 Å². The first-order valence-electron chi connectivity index (χ1n) is 7.71. The molecule has 1 aromatic carbocycles. The Balaban J connectivity index is 2.23. The van der Waals surface area contributed by atoms with Crippen molar-refractivity contribution in [3.63, 3.8) is 0 Å². The summed E-state index contributed by atoms with van der Waals surface area (Å²) in [4.78, 5) is 16.9. The van der Waals surface area contributed by atoms with Crippen LogP contribution in [0.15, 0.2) is 48.7 Å². The average Bonchev–Trinajstić information content (AvgIpc) is 2.59. The lowest BCUT2D eigenvalue weighted by Gasteiger charge is -2.15.